The summed E-state index contributed by atoms with van der Waals surface area (Å²) in [6.45, 7) is 5.28. The van der Waals surface area contributed by atoms with Crippen LogP contribution in [0.3, 0.4) is 0 Å². The van der Waals surface area contributed by atoms with Crippen LogP contribution in [0.4, 0.5) is 5.69 Å². The highest BCUT2D eigenvalue weighted by Gasteiger charge is 2.24. The number of benzene rings is 1. The summed E-state index contributed by atoms with van der Waals surface area (Å²) in [5.74, 6) is 0.0960. The second-order valence-corrected chi connectivity index (χ2v) is 8.33. The van der Waals surface area contributed by atoms with Crippen molar-refractivity contribution in [3.8, 4) is 0 Å². The van der Waals surface area contributed by atoms with Gasteiger partial charge in [0.2, 0.25) is 15.9 Å². The van der Waals surface area contributed by atoms with Crippen LogP contribution in [0, 0.1) is 5.92 Å². The van der Waals surface area contributed by atoms with Gasteiger partial charge in [-0.05, 0) is 36.6 Å². The SMILES string of the molecule is CC(=O)N1CCCc2cc(S(=O)(=O)NCC3CNCCOC3)ccc21. The van der Waals surface area contributed by atoms with Crippen molar-refractivity contribution in [1.29, 1.82) is 0 Å². The molecule has 2 heterocycles. The molecule has 2 aliphatic heterocycles. The quantitative estimate of drug-likeness (QED) is 0.809. The summed E-state index contributed by atoms with van der Waals surface area (Å²) in [7, 11) is -3.58. The molecular formula is C17H25N3O4S. The number of hydrogen-bond acceptors (Lipinski definition) is 5. The zero-order chi connectivity index (χ0) is 17.9. The van der Waals surface area contributed by atoms with Gasteiger partial charge in [0.05, 0.1) is 18.1 Å². The van der Waals surface area contributed by atoms with Crippen molar-refractivity contribution in [2.24, 2.45) is 5.92 Å². The second kappa shape index (κ2) is 7.82. The highest BCUT2D eigenvalue weighted by atomic mass is 32.2. The molecule has 3 rings (SSSR count). The lowest BCUT2D eigenvalue weighted by Crippen LogP contribution is -2.36. The summed E-state index contributed by atoms with van der Waals surface area (Å²) in [6.07, 6.45) is 1.62. The Morgan fingerprint density at radius 3 is 3.08 bits per heavy atom. The first-order chi connectivity index (χ1) is 12.0. The molecule has 138 valence electrons. The lowest BCUT2D eigenvalue weighted by atomic mass is 10.0. The van der Waals surface area contributed by atoms with Crippen molar-refractivity contribution in [2.75, 3.05) is 44.3 Å². The first-order valence-electron chi connectivity index (χ1n) is 8.66. The third-order valence-electron chi connectivity index (χ3n) is 4.63. The number of carbonyl (C=O) groups is 1. The number of anilines is 1. The van der Waals surface area contributed by atoms with Crippen molar-refractivity contribution >= 4 is 21.6 Å². The first kappa shape index (κ1) is 18.3. The maximum atomic E-state index is 12.6. The fourth-order valence-electron chi connectivity index (χ4n) is 3.27. The van der Waals surface area contributed by atoms with Gasteiger partial charge in [-0.2, -0.15) is 0 Å². The van der Waals surface area contributed by atoms with Gasteiger partial charge in [0.25, 0.3) is 0 Å². The number of sulfonamides is 1. The highest BCUT2D eigenvalue weighted by molar-refractivity contribution is 7.89. The van der Waals surface area contributed by atoms with E-state index in [9.17, 15) is 13.2 Å². The van der Waals surface area contributed by atoms with Crippen molar-refractivity contribution in [3.05, 3.63) is 23.8 Å². The van der Waals surface area contributed by atoms with Crippen molar-refractivity contribution < 1.29 is 17.9 Å². The maximum Gasteiger partial charge on any atom is 0.240 e. The minimum absolute atomic E-state index is 0.0180. The van der Waals surface area contributed by atoms with E-state index in [4.69, 9.17) is 4.74 Å². The number of amides is 1. The highest BCUT2D eigenvalue weighted by Crippen LogP contribution is 2.29. The minimum atomic E-state index is -3.58. The molecule has 1 saturated heterocycles. The summed E-state index contributed by atoms with van der Waals surface area (Å²) in [5.41, 5.74) is 1.72. The minimum Gasteiger partial charge on any atom is -0.380 e. The lowest BCUT2D eigenvalue weighted by molar-refractivity contribution is -0.116. The van der Waals surface area contributed by atoms with Crippen LogP contribution in [0.5, 0.6) is 0 Å². The number of fused-ring (bicyclic) bond motifs is 1. The summed E-state index contributed by atoms with van der Waals surface area (Å²) in [6, 6.07) is 5.00. The number of ether oxygens (including phenoxy) is 1. The average Bonchev–Trinajstić information content (AvgIpc) is 2.87. The molecule has 1 atom stereocenters. The van der Waals surface area contributed by atoms with Crippen molar-refractivity contribution in [3.63, 3.8) is 0 Å². The molecule has 7 nitrogen and oxygen atoms in total. The number of rotatable bonds is 4. The Kier molecular flexibility index (Phi) is 5.73. The third kappa shape index (κ3) is 4.38. The van der Waals surface area contributed by atoms with Crippen LogP contribution in [0.15, 0.2) is 23.1 Å². The zero-order valence-corrected chi connectivity index (χ0v) is 15.3. The molecule has 1 aromatic rings. The summed E-state index contributed by atoms with van der Waals surface area (Å²) in [4.78, 5) is 13.7. The molecule has 1 fully saturated rings. The smallest absolute Gasteiger partial charge is 0.240 e. The Balaban J connectivity index is 1.73. The van der Waals surface area contributed by atoms with Gasteiger partial charge in [-0.1, -0.05) is 0 Å². The molecular weight excluding hydrogens is 342 g/mol. The number of carbonyl (C=O) groups excluding carboxylic acids is 1. The monoisotopic (exact) mass is 367 g/mol. The summed E-state index contributed by atoms with van der Waals surface area (Å²) >= 11 is 0. The fraction of sp³-hybridized carbons (Fsp3) is 0.588. The van der Waals surface area contributed by atoms with E-state index in [1.807, 2.05) is 0 Å². The largest absolute Gasteiger partial charge is 0.380 e. The van der Waals surface area contributed by atoms with Crippen LogP contribution in [0.1, 0.15) is 18.9 Å². The Labute approximate surface area is 148 Å². The Bertz CT molecular complexity index is 727. The fourth-order valence-corrected chi connectivity index (χ4v) is 4.44. The predicted molar refractivity (Wildman–Crippen MR) is 95.2 cm³/mol. The Morgan fingerprint density at radius 1 is 1.44 bits per heavy atom. The molecule has 25 heavy (non-hydrogen) atoms. The molecule has 1 amide bonds. The molecule has 0 saturated carbocycles. The number of hydrogen-bond donors (Lipinski definition) is 2. The first-order valence-corrected chi connectivity index (χ1v) is 10.1. The van der Waals surface area contributed by atoms with Crippen LogP contribution in [-0.2, 0) is 26.0 Å². The van der Waals surface area contributed by atoms with Gasteiger partial charge >= 0.3 is 0 Å². The van der Waals surface area contributed by atoms with E-state index in [0.29, 0.717) is 26.3 Å². The molecule has 0 bridgehead atoms. The van der Waals surface area contributed by atoms with Gasteiger partial charge < -0.3 is 15.0 Å². The van der Waals surface area contributed by atoms with E-state index in [1.54, 1.807) is 23.1 Å². The van der Waals surface area contributed by atoms with Crippen molar-refractivity contribution in [2.45, 2.75) is 24.7 Å². The van der Waals surface area contributed by atoms with Gasteiger partial charge in [0.1, 0.15) is 0 Å². The molecule has 2 N–H and O–H groups in total. The van der Waals surface area contributed by atoms with Gasteiger partial charge in [-0.3, -0.25) is 4.79 Å². The van der Waals surface area contributed by atoms with Crippen LogP contribution in [-0.4, -0.2) is 53.7 Å². The Hall–Kier alpha value is -1.48. The number of aryl methyl sites for hydroxylation is 1. The van der Waals surface area contributed by atoms with Crippen molar-refractivity contribution in [1.82, 2.24) is 10.0 Å². The molecule has 0 radical (unpaired) electrons. The van der Waals surface area contributed by atoms with E-state index in [1.165, 1.54) is 6.92 Å². The predicted octanol–water partition coefficient (Wildman–Crippen LogP) is 0.500. The molecule has 8 heteroatoms. The van der Waals surface area contributed by atoms with E-state index < -0.39 is 10.0 Å². The molecule has 1 aromatic carbocycles. The summed E-state index contributed by atoms with van der Waals surface area (Å²) in [5, 5.41) is 3.23. The van der Waals surface area contributed by atoms with E-state index in [2.05, 4.69) is 10.0 Å². The van der Waals surface area contributed by atoms with E-state index in [-0.39, 0.29) is 16.7 Å². The second-order valence-electron chi connectivity index (χ2n) is 6.56. The standard InChI is InChI=1S/C17H25N3O4S/c1-13(21)20-7-2-3-15-9-16(4-5-17(15)20)25(22,23)19-11-14-10-18-6-8-24-12-14/h4-5,9,14,18-19H,2-3,6-8,10-12H2,1H3. The number of nitrogens with one attached hydrogen (secondary N) is 2. The van der Waals surface area contributed by atoms with Gasteiger partial charge in [0.15, 0.2) is 0 Å². The molecule has 2 aliphatic rings. The van der Waals surface area contributed by atoms with Crippen LogP contribution >= 0.6 is 0 Å². The molecule has 1 unspecified atom stereocenters. The average molecular weight is 367 g/mol. The van der Waals surface area contributed by atoms with Gasteiger partial charge in [-0.15, -0.1) is 0 Å². The van der Waals surface area contributed by atoms with E-state index >= 15 is 0 Å². The zero-order valence-electron chi connectivity index (χ0n) is 14.5. The van der Waals surface area contributed by atoms with Crippen LogP contribution in [0.2, 0.25) is 0 Å². The molecule has 0 spiro atoms. The number of nitrogens with zero attached hydrogens (tertiary/aromatic N) is 1. The van der Waals surface area contributed by atoms with Crippen LogP contribution in [0.25, 0.3) is 0 Å². The Morgan fingerprint density at radius 2 is 2.28 bits per heavy atom. The van der Waals surface area contributed by atoms with Gasteiger partial charge in [0, 0.05) is 44.7 Å². The van der Waals surface area contributed by atoms with Gasteiger partial charge in [-0.25, -0.2) is 13.1 Å². The topological polar surface area (TPSA) is 87.7 Å². The lowest BCUT2D eigenvalue weighted by Gasteiger charge is -2.29. The van der Waals surface area contributed by atoms with E-state index in [0.717, 1.165) is 37.2 Å². The third-order valence-corrected chi connectivity index (χ3v) is 6.05. The molecule has 0 aliphatic carbocycles. The molecule has 0 aromatic heterocycles. The summed E-state index contributed by atoms with van der Waals surface area (Å²) < 4.78 is 33.4. The maximum absolute atomic E-state index is 12.6. The normalized spacial score (nSPS) is 21.5. The van der Waals surface area contributed by atoms with Crippen LogP contribution < -0.4 is 14.9 Å².